The number of hydrogen-bond acceptors (Lipinski definition) is 3. The van der Waals surface area contributed by atoms with Crippen molar-refractivity contribution in [2.24, 2.45) is 0 Å². The first-order valence-corrected chi connectivity index (χ1v) is 6.30. The third kappa shape index (κ3) is 4.10. The lowest BCUT2D eigenvalue weighted by molar-refractivity contribution is -0.142. The molecule has 16 heavy (non-hydrogen) atoms. The highest BCUT2D eigenvalue weighted by atomic mass is 16.4. The summed E-state index contributed by atoms with van der Waals surface area (Å²) < 4.78 is 0. The van der Waals surface area contributed by atoms with E-state index < -0.39 is 18.1 Å². The van der Waals surface area contributed by atoms with Gasteiger partial charge in [-0.15, -0.1) is 0 Å². The van der Waals surface area contributed by atoms with E-state index in [0.29, 0.717) is 13.0 Å². The molecule has 1 aliphatic heterocycles. The average molecular weight is 229 g/mol. The predicted octanol–water partition coefficient (Wildman–Crippen LogP) is 1.48. The minimum atomic E-state index is -0.801. The predicted molar refractivity (Wildman–Crippen MR) is 62.4 cm³/mol. The number of carboxylic acids is 1. The third-order valence-corrected chi connectivity index (χ3v) is 3.22. The van der Waals surface area contributed by atoms with Crippen molar-refractivity contribution in [3.8, 4) is 0 Å². The number of aliphatic carboxylic acids is 1. The van der Waals surface area contributed by atoms with Gasteiger partial charge in [0.2, 0.25) is 0 Å². The van der Waals surface area contributed by atoms with E-state index in [1.165, 1.54) is 19.3 Å². The van der Waals surface area contributed by atoms with E-state index >= 15 is 0 Å². The van der Waals surface area contributed by atoms with Crippen LogP contribution in [0.4, 0.5) is 0 Å². The fourth-order valence-electron chi connectivity index (χ4n) is 2.30. The van der Waals surface area contributed by atoms with Gasteiger partial charge in [0.15, 0.2) is 0 Å². The van der Waals surface area contributed by atoms with Gasteiger partial charge < -0.3 is 10.2 Å². The number of nitrogens with zero attached hydrogens (tertiary/aromatic N) is 1. The molecule has 0 amide bonds. The van der Waals surface area contributed by atoms with E-state index in [2.05, 4.69) is 6.92 Å². The van der Waals surface area contributed by atoms with Crippen molar-refractivity contribution in [2.75, 3.05) is 13.1 Å². The molecule has 94 valence electrons. The highest BCUT2D eigenvalue weighted by Crippen LogP contribution is 2.19. The van der Waals surface area contributed by atoms with Gasteiger partial charge in [-0.2, -0.15) is 0 Å². The van der Waals surface area contributed by atoms with Crippen molar-refractivity contribution in [3.05, 3.63) is 0 Å². The largest absolute Gasteiger partial charge is 0.480 e. The minimum Gasteiger partial charge on any atom is -0.480 e. The van der Waals surface area contributed by atoms with Crippen LogP contribution >= 0.6 is 0 Å². The molecule has 0 bridgehead atoms. The second-order valence-electron chi connectivity index (χ2n) is 4.65. The molecule has 1 rings (SSSR count). The Morgan fingerprint density at radius 2 is 2.00 bits per heavy atom. The number of rotatable bonds is 7. The molecule has 0 saturated carbocycles. The summed E-state index contributed by atoms with van der Waals surface area (Å²) in [5.74, 6) is -0.801. The molecule has 0 aromatic carbocycles. The van der Waals surface area contributed by atoms with Gasteiger partial charge in [0, 0.05) is 13.0 Å². The van der Waals surface area contributed by atoms with E-state index in [-0.39, 0.29) is 0 Å². The Labute approximate surface area is 97.3 Å². The molecule has 0 radical (unpaired) electrons. The molecule has 4 heteroatoms. The smallest absolute Gasteiger partial charge is 0.321 e. The lowest BCUT2D eigenvalue weighted by atomic mass is 10.1. The molecule has 4 nitrogen and oxygen atoms in total. The molecule has 1 fully saturated rings. The monoisotopic (exact) mass is 229 g/mol. The topological polar surface area (TPSA) is 60.8 Å². The van der Waals surface area contributed by atoms with Gasteiger partial charge in [-0.25, -0.2) is 0 Å². The third-order valence-electron chi connectivity index (χ3n) is 3.22. The zero-order valence-electron chi connectivity index (χ0n) is 10.1. The number of carboxylic acid groups (broad SMARTS) is 1. The molecule has 1 unspecified atom stereocenters. The molecular weight excluding hydrogens is 206 g/mol. The molecule has 1 heterocycles. The first-order valence-electron chi connectivity index (χ1n) is 6.30. The summed E-state index contributed by atoms with van der Waals surface area (Å²) in [4.78, 5) is 12.8. The second kappa shape index (κ2) is 6.86. The summed E-state index contributed by atoms with van der Waals surface area (Å²) in [5, 5.41) is 18.4. The van der Waals surface area contributed by atoms with Crippen LogP contribution in [0.15, 0.2) is 0 Å². The Kier molecular flexibility index (Phi) is 5.77. The van der Waals surface area contributed by atoms with E-state index in [4.69, 9.17) is 5.11 Å². The zero-order chi connectivity index (χ0) is 12.0. The van der Waals surface area contributed by atoms with Crippen LogP contribution in [0.5, 0.6) is 0 Å². The maximum absolute atomic E-state index is 10.9. The van der Waals surface area contributed by atoms with Crippen molar-refractivity contribution < 1.29 is 15.0 Å². The molecule has 1 saturated heterocycles. The number of unbranched alkanes of at least 4 members (excludes halogenated alkanes) is 4. The maximum Gasteiger partial charge on any atom is 0.321 e. The quantitative estimate of drug-likeness (QED) is 0.649. The van der Waals surface area contributed by atoms with Gasteiger partial charge in [0.1, 0.15) is 6.04 Å². The fraction of sp³-hybridized carbons (Fsp3) is 0.917. The Balaban J connectivity index is 2.21. The van der Waals surface area contributed by atoms with E-state index in [1.54, 1.807) is 0 Å². The normalized spacial score (nSPS) is 26.1. The summed E-state index contributed by atoms with van der Waals surface area (Å²) in [6, 6.07) is -0.471. The standard InChI is InChI=1S/C12H23NO3/c1-2-3-4-5-6-7-13-9-10(14)8-11(13)12(15)16/h10-11,14H,2-9H2,1H3,(H,15,16)/t10?,11-/m0/s1. The lowest BCUT2D eigenvalue weighted by Gasteiger charge is -2.20. The first kappa shape index (κ1) is 13.5. The van der Waals surface area contributed by atoms with Crippen LogP contribution in [0.1, 0.15) is 45.4 Å². The van der Waals surface area contributed by atoms with Crippen molar-refractivity contribution >= 4 is 5.97 Å². The second-order valence-corrected chi connectivity index (χ2v) is 4.65. The Morgan fingerprint density at radius 1 is 1.31 bits per heavy atom. The van der Waals surface area contributed by atoms with Crippen LogP contribution in [0, 0.1) is 0 Å². The number of aliphatic hydroxyl groups excluding tert-OH is 1. The molecule has 2 N–H and O–H groups in total. The van der Waals surface area contributed by atoms with Crippen LogP contribution in [-0.2, 0) is 4.79 Å². The summed E-state index contributed by atoms with van der Waals surface area (Å²) in [6.07, 6.45) is 5.82. The lowest BCUT2D eigenvalue weighted by Crippen LogP contribution is -2.36. The van der Waals surface area contributed by atoms with Crippen molar-refractivity contribution in [1.82, 2.24) is 4.90 Å². The summed E-state index contributed by atoms with van der Waals surface area (Å²) in [7, 11) is 0. The van der Waals surface area contributed by atoms with E-state index in [9.17, 15) is 9.90 Å². The van der Waals surface area contributed by atoms with Crippen LogP contribution in [0.2, 0.25) is 0 Å². The van der Waals surface area contributed by atoms with Gasteiger partial charge in [0.05, 0.1) is 6.10 Å². The number of hydrogen-bond donors (Lipinski definition) is 2. The average Bonchev–Trinajstić information content (AvgIpc) is 2.59. The number of aliphatic hydroxyl groups is 1. The van der Waals surface area contributed by atoms with Crippen LogP contribution < -0.4 is 0 Å². The number of likely N-dealkylation sites (tertiary alicyclic amines) is 1. The molecule has 0 aromatic heterocycles. The van der Waals surface area contributed by atoms with Crippen LogP contribution in [0.25, 0.3) is 0 Å². The Hall–Kier alpha value is -0.610. The summed E-state index contributed by atoms with van der Waals surface area (Å²) in [6.45, 7) is 3.50. The van der Waals surface area contributed by atoms with Crippen LogP contribution in [0.3, 0.4) is 0 Å². The molecule has 2 atom stereocenters. The Morgan fingerprint density at radius 3 is 2.62 bits per heavy atom. The van der Waals surface area contributed by atoms with Crippen molar-refractivity contribution in [3.63, 3.8) is 0 Å². The fourth-order valence-corrected chi connectivity index (χ4v) is 2.30. The maximum atomic E-state index is 10.9. The Bertz CT molecular complexity index is 220. The molecule has 0 aliphatic carbocycles. The van der Waals surface area contributed by atoms with Gasteiger partial charge in [-0.3, -0.25) is 9.69 Å². The summed E-state index contributed by atoms with van der Waals surface area (Å²) in [5.41, 5.74) is 0. The van der Waals surface area contributed by atoms with E-state index in [1.807, 2.05) is 4.90 Å². The number of β-amino-alcohol motifs (C(OH)–C–C–N with tert-alkyl or cyclic N) is 1. The molecule has 0 spiro atoms. The van der Waals surface area contributed by atoms with Gasteiger partial charge in [-0.1, -0.05) is 32.6 Å². The zero-order valence-corrected chi connectivity index (χ0v) is 10.1. The SMILES string of the molecule is CCCCCCCN1CC(O)C[C@H]1C(=O)O. The van der Waals surface area contributed by atoms with Crippen molar-refractivity contribution in [1.29, 1.82) is 0 Å². The van der Waals surface area contributed by atoms with Gasteiger partial charge in [-0.05, 0) is 13.0 Å². The highest BCUT2D eigenvalue weighted by Gasteiger charge is 2.35. The molecule has 1 aliphatic rings. The van der Waals surface area contributed by atoms with E-state index in [0.717, 1.165) is 19.4 Å². The molecular formula is C12H23NO3. The highest BCUT2D eigenvalue weighted by molar-refractivity contribution is 5.74. The van der Waals surface area contributed by atoms with Gasteiger partial charge in [0.25, 0.3) is 0 Å². The number of carbonyl (C=O) groups is 1. The minimum absolute atomic E-state index is 0.379. The van der Waals surface area contributed by atoms with Gasteiger partial charge >= 0.3 is 5.97 Å². The van der Waals surface area contributed by atoms with Crippen LogP contribution in [-0.4, -0.2) is 46.3 Å². The molecule has 0 aromatic rings. The van der Waals surface area contributed by atoms with Crippen molar-refractivity contribution in [2.45, 2.75) is 57.6 Å². The first-order chi connectivity index (χ1) is 7.65. The summed E-state index contributed by atoms with van der Waals surface area (Å²) >= 11 is 0.